The van der Waals surface area contributed by atoms with Crippen molar-refractivity contribution < 1.29 is 9.59 Å². The van der Waals surface area contributed by atoms with Gasteiger partial charge in [0.05, 0.1) is 22.5 Å². The van der Waals surface area contributed by atoms with Crippen molar-refractivity contribution in [2.24, 2.45) is 5.10 Å². The van der Waals surface area contributed by atoms with E-state index in [1.807, 2.05) is 52.4 Å². The largest absolute Gasteiger partial charge is 0.347 e. The van der Waals surface area contributed by atoms with Crippen LogP contribution in [0.1, 0.15) is 16.1 Å². The van der Waals surface area contributed by atoms with Crippen LogP contribution in [-0.2, 0) is 11.3 Å². The fourth-order valence-corrected chi connectivity index (χ4v) is 3.81. The Balaban J connectivity index is 1.84. The number of likely N-dealkylation sites (N-methyl/N-ethyl adjacent to an activating group) is 1. The van der Waals surface area contributed by atoms with Gasteiger partial charge in [0.15, 0.2) is 0 Å². The Morgan fingerprint density at radius 1 is 1.23 bits per heavy atom. The molecule has 0 atom stereocenters. The number of benzene rings is 1. The molecule has 0 saturated heterocycles. The van der Waals surface area contributed by atoms with Crippen LogP contribution in [-0.4, -0.2) is 52.6 Å². The number of thiophene rings is 1. The van der Waals surface area contributed by atoms with E-state index >= 15 is 0 Å². The third-order valence-electron chi connectivity index (χ3n) is 4.42. The van der Waals surface area contributed by atoms with Crippen LogP contribution >= 0.6 is 11.3 Å². The number of hydrazone groups is 1. The molecule has 3 aromatic rings. The minimum Gasteiger partial charge on any atom is -0.347 e. The van der Waals surface area contributed by atoms with E-state index in [1.54, 1.807) is 25.4 Å². The van der Waals surface area contributed by atoms with E-state index in [4.69, 9.17) is 0 Å². The molecule has 0 bridgehead atoms. The van der Waals surface area contributed by atoms with Gasteiger partial charge in [-0.05, 0) is 23.1 Å². The van der Waals surface area contributed by atoms with E-state index in [9.17, 15) is 9.59 Å². The molecule has 0 radical (unpaired) electrons. The Morgan fingerprint density at radius 3 is 2.73 bits per heavy atom. The molecule has 3 heterocycles. The molecule has 2 amide bonds. The van der Waals surface area contributed by atoms with E-state index in [2.05, 4.69) is 5.10 Å². The number of fused-ring (bicyclic) bond motifs is 3. The zero-order chi connectivity index (χ0) is 18.3. The third-order valence-corrected chi connectivity index (χ3v) is 5.27. The minimum atomic E-state index is -0.255. The highest BCUT2D eigenvalue weighted by molar-refractivity contribution is 7.17. The highest BCUT2D eigenvalue weighted by Crippen LogP contribution is 2.28. The quantitative estimate of drug-likeness (QED) is 0.716. The number of hydrogen-bond donors (Lipinski definition) is 0. The molecule has 7 heteroatoms. The Kier molecular flexibility index (Phi) is 4.08. The molecule has 4 rings (SSSR count). The van der Waals surface area contributed by atoms with Crippen LogP contribution in [0, 0.1) is 0 Å². The number of rotatable bonds is 3. The number of carbonyl (C=O) groups excluding carboxylic acids is 2. The monoisotopic (exact) mass is 366 g/mol. The van der Waals surface area contributed by atoms with Crippen molar-refractivity contribution in [1.29, 1.82) is 0 Å². The van der Waals surface area contributed by atoms with Crippen LogP contribution in [0.3, 0.4) is 0 Å². The SMILES string of the molecule is CN(C)C(=O)CN1N=C(c2ccccc2)Cn2c(cc3sccc32)C1=O. The fourth-order valence-electron chi connectivity index (χ4n) is 2.99. The van der Waals surface area contributed by atoms with Gasteiger partial charge in [-0.15, -0.1) is 11.3 Å². The van der Waals surface area contributed by atoms with E-state index in [0.717, 1.165) is 21.5 Å². The van der Waals surface area contributed by atoms with Gasteiger partial charge in [-0.2, -0.15) is 5.10 Å². The van der Waals surface area contributed by atoms with Gasteiger partial charge < -0.3 is 9.47 Å². The smallest absolute Gasteiger partial charge is 0.291 e. The van der Waals surface area contributed by atoms with Crippen molar-refractivity contribution in [3.63, 3.8) is 0 Å². The first-order chi connectivity index (χ1) is 12.5. The zero-order valence-corrected chi connectivity index (χ0v) is 15.4. The molecular formula is C19H18N4O2S. The second kappa shape index (κ2) is 6.42. The summed E-state index contributed by atoms with van der Waals surface area (Å²) in [6, 6.07) is 13.7. The van der Waals surface area contributed by atoms with Gasteiger partial charge in [0.25, 0.3) is 5.91 Å². The van der Waals surface area contributed by atoms with Gasteiger partial charge >= 0.3 is 0 Å². The first-order valence-electron chi connectivity index (χ1n) is 8.26. The molecular weight excluding hydrogens is 348 g/mol. The van der Waals surface area contributed by atoms with E-state index in [0.29, 0.717) is 12.2 Å². The maximum atomic E-state index is 13.1. The third kappa shape index (κ3) is 2.80. The summed E-state index contributed by atoms with van der Waals surface area (Å²) in [6.45, 7) is 0.402. The molecule has 6 nitrogen and oxygen atoms in total. The summed E-state index contributed by atoms with van der Waals surface area (Å²) in [5, 5.41) is 7.86. The van der Waals surface area contributed by atoms with Gasteiger partial charge in [-0.3, -0.25) is 9.59 Å². The summed E-state index contributed by atoms with van der Waals surface area (Å²) in [4.78, 5) is 26.7. The van der Waals surface area contributed by atoms with Crippen molar-refractivity contribution in [3.05, 3.63) is 59.1 Å². The number of nitrogens with zero attached hydrogens (tertiary/aromatic N) is 4. The van der Waals surface area contributed by atoms with Crippen molar-refractivity contribution in [2.75, 3.05) is 20.6 Å². The molecule has 1 aromatic carbocycles. The predicted octanol–water partition coefficient (Wildman–Crippen LogP) is 2.65. The molecule has 26 heavy (non-hydrogen) atoms. The van der Waals surface area contributed by atoms with Crippen molar-refractivity contribution >= 4 is 39.1 Å². The lowest BCUT2D eigenvalue weighted by Gasteiger charge is -2.18. The van der Waals surface area contributed by atoms with E-state index < -0.39 is 0 Å². The topological polar surface area (TPSA) is 57.9 Å². The van der Waals surface area contributed by atoms with E-state index in [-0.39, 0.29) is 18.4 Å². The second-order valence-corrected chi connectivity index (χ2v) is 7.30. The van der Waals surface area contributed by atoms with Gasteiger partial charge in [-0.25, -0.2) is 5.01 Å². The Bertz CT molecular complexity index is 1020. The summed E-state index contributed by atoms with van der Waals surface area (Å²) in [5.41, 5.74) is 3.27. The highest BCUT2D eigenvalue weighted by Gasteiger charge is 2.28. The van der Waals surface area contributed by atoms with Crippen molar-refractivity contribution in [3.8, 4) is 0 Å². The molecule has 1 aliphatic rings. The Labute approximate surface area is 154 Å². The first-order valence-corrected chi connectivity index (χ1v) is 9.14. The van der Waals surface area contributed by atoms with Crippen molar-refractivity contribution in [1.82, 2.24) is 14.5 Å². The molecule has 0 fully saturated rings. The summed E-state index contributed by atoms with van der Waals surface area (Å²) in [5.74, 6) is -0.425. The number of amides is 2. The maximum Gasteiger partial charge on any atom is 0.291 e. The number of hydrogen-bond acceptors (Lipinski definition) is 4. The molecule has 2 aromatic heterocycles. The molecule has 132 valence electrons. The van der Waals surface area contributed by atoms with E-state index in [1.165, 1.54) is 9.91 Å². The van der Waals surface area contributed by atoms with Crippen LogP contribution in [0.15, 0.2) is 52.9 Å². The summed E-state index contributed by atoms with van der Waals surface area (Å²) < 4.78 is 3.04. The highest BCUT2D eigenvalue weighted by atomic mass is 32.1. The predicted molar refractivity (Wildman–Crippen MR) is 103 cm³/mol. The fraction of sp³-hybridized carbons (Fsp3) is 0.211. The number of carbonyl (C=O) groups is 2. The average molecular weight is 366 g/mol. The Hall–Kier alpha value is -2.93. The van der Waals surface area contributed by atoms with Gasteiger partial charge in [-0.1, -0.05) is 30.3 Å². The van der Waals surface area contributed by atoms with Crippen LogP contribution < -0.4 is 0 Å². The minimum absolute atomic E-state index is 0.0823. The molecule has 0 spiro atoms. The van der Waals surface area contributed by atoms with Gasteiger partial charge in [0, 0.05) is 14.1 Å². The lowest BCUT2D eigenvalue weighted by Crippen LogP contribution is -2.37. The molecule has 0 saturated carbocycles. The maximum absolute atomic E-state index is 13.1. The lowest BCUT2D eigenvalue weighted by atomic mass is 10.1. The molecule has 1 aliphatic heterocycles. The second-order valence-electron chi connectivity index (χ2n) is 6.35. The normalized spacial score (nSPS) is 14.2. The van der Waals surface area contributed by atoms with Crippen LogP contribution in [0.2, 0.25) is 0 Å². The van der Waals surface area contributed by atoms with Crippen molar-refractivity contribution in [2.45, 2.75) is 6.54 Å². The van der Waals surface area contributed by atoms with Gasteiger partial charge in [0.2, 0.25) is 5.91 Å². The van der Waals surface area contributed by atoms with Crippen LogP contribution in [0.4, 0.5) is 0 Å². The van der Waals surface area contributed by atoms with Gasteiger partial charge in [0.1, 0.15) is 12.2 Å². The zero-order valence-electron chi connectivity index (χ0n) is 14.5. The first kappa shape index (κ1) is 16.5. The standard InChI is InChI=1S/C19H18N4O2S/c1-21(2)18(24)12-23-19(25)16-10-17-15(8-9-26-17)22(16)11-14(20-23)13-6-4-3-5-7-13/h3-10H,11-12H2,1-2H3. The molecule has 0 aliphatic carbocycles. The average Bonchev–Trinajstić information content (AvgIpc) is 3.19. The summed E-state index contributed by atoms with van der Waals surface area (Å²) >= 11 is 1.60. The van der Waals surface area contributed by atoms with Crippen LogP contribution in [0.25, 0.3) is 10.2 Å². The lowest BCUT2D eigenvalue weighted by molar-refractivity contribution is -0.129. The summed E-state index contributed by atoms with van der Waals surface area (Å²) in [6.07, 6.45) is 0. The molecule has 0 N–H and O–H groups in total. The summed E-state index contributed by atoms with van der Waals surface area (Å²) in [7, 11) is 3.34. The number of aromatic nitrogens is 1. The molecule has 0 unspecified atom stereocenters. The Morgan fingerprint density at radius 2 is 2.00 bits per heavy atom. The van der Waals surface area contributed by atoms with Crippen LogP contribution in [0.5, 0.6) is 0 Å².